The molecule has 0 bridgehead atoms. The second kappa shape index (κ2) is 8.05. The molecule has 2 aromatic carbocycles. The van der Waals surface area contributed by atoms with Crippen LogP contribution in [0.25, 0.3) is 10.2 Å². The average Bonchev–Trinajstić information content (AvgIpc) is 3.01. The van der Waals surface area contributed by atoms with Gasteiger partial charge in [0.1, 0.15) is 11.5 Å². The van der Waals surface area contributed by atoms with Gasteiger partial charge in [0.15, 0.2) is 5.13 Å². The van der Waals surface area contributed by atoms with Gasteiger partial charge in [-0.15, -0.1) is 0 Å². The van der Waals surface area contributed by atoms with E-state index in [4.69, 9.17) is 9.47 Å². The minimum Gasteiger partial charge on any atom is -0.497 e. The Morgan fingerprint density at radius 2 is 1.74 bits per heavy atom. The molecule has 0 fully saturated rings. The highest BCUT2D eigenvalue weighted by Gasteiger charge is 2.10. The van der Waals surface area contributed by atoms with E-state index in [9.17, 15) is 9.59 Å². The third-order valence-corrected chi connectivity index (χ3v) is 4.67. The molecule has 0 spiro atoms. The molecule has 140 valence electrons. The van der Waals surface area contributed by atoms with Gasteiger partial charge in [-0.2, -0.15) is 0 Å². The molecule has 7 nitrogen and oxygen atoms in total. The largest absolute Gasteiger partial charge is 0.497 e. The van der Waals surface area contributed by atoms with E-state index in [0.29, 0.717) is 22.3 Å². The first-order valence-corrected chi connectivity index (χ1v) is 8.98. The van der Waals surface area contributed by atoms with Crippen LogP contribution >= 0.6 is 11.3 Å². The van der Waals surface area contributed by atoms with Crippen molar-refractivity contribution in [2.75, 3.05) is 24.9 Å². The predicted octanol–water partition coefficient (Wildman–Crippen LogP) is 3.45. The number of aromatic nitrogens is 1. The smallest absolute Gasteiger partial charge is 0.228 e. The van der Waals surface area contributed by atoms with E-state index in [0.717, 1.165) is 15.8 Å². The van der Waals surface area contributed by atoms with Crippen molar-refractivity contribution in [3.05, 3.63) is 42.0 Å². The summed E-state index contributed by atoms with van der Waals surface area (Å²) in [5.41, 5.74) is 2.24. The molecule has 0 aliphatic rings. The molecule has 0 radical (unpaired) electrons. The summed E-state index contributed by atoms with van der Waals surface area (Å²) >= 11 is 1.37. The molecule has 2 N–H and O–H groups in total. The normalized spacial score (nSPS) is 10.5. The van der Waals surface area contributed by atoms with Crippen molar-refractivity contribution in [3.8, 4) is 11.5 Å². The highest BCUT2D eigenvalue weighted by Crippen LogP contribution is 2.28. The van der Waals surface area contributed by atoms with Gasteiger partial charge >= 0.3 is 0 Å². The second-order valence-electron chi connectivity index (χ2n) is 5.83. The van der Waals surface area contributed by atoms with Crippen molar-refractivity contribution in [2.24, 2.45) is 0 Å². The molecule has 0 unspecified atom stereocenters. The summed E-state index contributed by atoms with van der Waals surface area (Å²) in [4.78, 5) is 27.9. The Labute approximate surface area is 160 Å². The fourth-order valence-corrected chi connectivity index (χ4v) is 3.53. The number of nitrogens with zero attached hydrogens (tertiary/aromatic N) is 1. The summed E-state index contributed by atoms with van der Waals surface area (Å²) in [6, 6.07) is 10.8. The van der Waals surface area contributed by atoms with Gasteiger partial charge in [0.05, 0.1) is 30.9 Å². The number of hydrogen-bond donors (Lipinski definition) is 2. The average molecular weight is 385 g/mol. The van der Waals surface area contributed by atoms with Gasteiger partial charge in [0.25, 0.3) is 0 Å². The number of rotatable bonds is 6. The Kier molecular flexibility index (Phi) is 5.56. The zero-order valence-electron chi connectivity index (χ0n) is 15.2. The number of benzene rings is 2. The third kappa shape index (κ3) is 4.73. The number of nitrogens with one attached hydrogen (secondary N) is 2. The van der Waals surface area contributed by atoms with Crippen LogP contribution in [0.1, 0.15) is 12.5 Å². The van der Waals surface area contributed by atoms with E-state index < -0.39 is 0 Å². The van der Waals surface area contributed by atoms with Crippen molar-refractivity contribution >= 4 is 44.2 Å². The maximum atomic E-state index is 12.4. The molecule has 0 aliphatic carbocycles. The summed E-state index contributed by atoms with van der Waals surface area (Å²) in [7, 11) is 3.11. The zero-order chi connectivity index (χ0) is 19.4. The van der Waals surface area contributed by atoms with E-state index >= 15 is 0 Å². The standard InChI is InChI=1S/C19H19N3O4S/c1-11(23)20-19-22-16-5-4-12(6-17(16)27-19)7-18(24)21-13-8-14(25-2)10-15(9-13)26-3/h4-6,8-10H,7H2,1-3H3,(H,21,24)(H,20,22,23). The number of carbonyl (C=O) groups excluding carboxylic acids is 2. The number of ether oxygens (including phenoxy) is 2. The highest BCUT2D eigenvalue weighted by atomic mass is 32.1. The maximum Gasteiger partial charge on any atom is 0.228 e. The van der Waals surface area contributed by atoms with Crippen LogP contribution in [0.5, 0.6) is 11.5 Å². The Morgan fingerprint density at radius 1 is 1.04 bits per heavy atom. The first-order chi connectivity index (χ1) is 13.0. The van der Waals surface area contributed by atoms with Crippen molar-refractivity contribution in [1.82, 2.24) is 4.98 Å². The Morgan fingerprint density at radius 3 is 2.37 bits per heavy atom. The van der Waals surface area contributed by atoms with Crippen LogP contribution in [-0.4, -0.2) is 31.0 Å². The predicted molar refractivity (Wildman–Crippen MR) is 106 cm³/mol. The number of carbonyl (C=O) groups is 2. The number of hydrogen-bond acceptors (Lipinski definition) is 6. The van der Waals surface area contributed by atoms with Crippen LogP contribution in [0, 0.1) is 0 Å². The van der Waals surface area contributed by atoms with Crippen LogP contribution < -0.4 is 20.1 Å². The molecule has 0 atom stereocenters. The molecule has 0 aliphatic heterocycles. The molecule has 8 heteroatoms. The summed E-state index contributed by atoms with van der Waals surface area (Å²) in [6.07, 6.45) is 0.211. The van der Waals surface area contributed by atoms with Crippen LogP contribution in [0.4, 0.5) is 10.8 Å². The molecule has 3 aromatic rings. The highest BCUT2D eigenvalue weighted by molar-refractivity contribution is 7.22. The summed E-state index contributed by atoms with van der Waals surface area (Å²) in [5, 5.41) is 6.07. The molecule has 0 saturated carbocycles. The lowest BCUT2D eigenvalue weighted by Gasteiger charge is -2.10. The van der Waals surface area contributed by atoms with Crippen molar-refractivity contribution < 1.29 is 19.1 Å². The van der Waals surface area contributed by atoms with E-state index in [2.05, 4.69) is 15.6 Å². The first-order valence-electron chi connectivity index (χ1n) is 8.17. The van der Waals surface area contributed by atoms with Gasteiger partial charge in [0.2, 0.25) is 11.8 Å². The topological polar surface area (TPSA) is 89.5 Å². The summed E-state index contributed by atoms with van der Waals surface area (Å²) in [6.45, 7) is 1.44. The van der Waals surface area contributed by atoms with Crippen LogP contribution in [0.3, 0.4) is 0 Å². The quantitative estimate of drug-likeness (QED) is 0.678. The molecule has 1 aromatic heterocycles. The van der Waals surface area contributed by atoms with Gasteiger partial charge in [-0.05, 0) is 17.7 Å². The van der Waals surface area contributed by atoms with Crippen molar-refractivity contribution in [3.63, 3.8) is 0 Å². The van der Waals surface area contributed by atoms with E-state index in [1.54, 1.807) is 32.4 Å². The molecule has 0 saturated heterocycles. The van der Waals surface area contributed by atoms with E-state index in [1.807, 2.05) is 18.2 Å². The fraction of sp³-hybridized carbons (Fsp3) is 0.211. The lowest BCUT2D eigenvalue weighted by atomic mass is 10.1. The van der Waals surface area contributed by atoms with Crippen LogP contribution in [-0.2, 0) is 16.0 Å². The van der Waals surface area contributed by atoms with E-state index in [1.165, 1.54) is 18.3 Å². The fourth-order valence-electron chi connectivity index (χ4n) is 2.55. The first kappa shape index (κ1) is 18.7. The monoisotopic (exact) mass is 385 g/mol. The van der Waals surface area contributed by atoms with Gasteiger partial charge in [-0.1, -0.05) is 17.4 Å². The summed E-state index contributed by atoms with van der Waals surface area (Å²) in [5.74, 6) is 0.876. The summed E-state index contributed by atoms with van der Waals surface area (Å²) < 4.78 is 11.3. The molecular weight excluding hydrogens is 366 g/mol. The number of fused-ring (bicyclic) bond motifs is 1. The van der Waals surface area contributed by atoms with Gasteiger partial charge in [-0.25, -0.2) is 4.98 Å². The SMILES string of the molecule is COc1cc(NC(=O)Cc2ccc3nc(NC(C)=O)sc3c2)cc(OC)c1. The van der Waals surface area contributed by atoms with Crippen LogP contribution in [0.2, 0.25) is 0 Å². The van der Waals surface area contributed by atoms with Crippen LogP contribution in [0.15, 0.2) is 36.4 Å². The van der Waals surface area contributed by atoms with Gasteiger partial charge < -0.3 is 20.1 Å². The molecule has 1 heterocycles. The zero-order valence-corrected chi connectivity index (χ0v) is 16.0. The van der Waals surface area contributed by atoms with Crippen molar-refractivity contribution in [1.29, 1.82) is 0 Å². The minimum atomic E-state index is -0.164. The number of anilines is 2. The molecule has 27 heavy (non-hydrogen) atoms. The minimum absolute atomic E-state index is 0.156. The Balaban J connectivity index is 1.73. The molecule has 3 rings (SSSR count). The Bertz CT molecular complexity index is 978. The number of methoxy groups -OCH3 is 2. The molecular formula is C19H19N3O4S. The van der Waals surface area contributed by atoms with Gasteiger partial charge in [-0.3, -0.25) is 9.59 Å². The third-order valence-electron chi connectivity index (χ3n) is 3.74. The Hall–Kier alpha value is -3.13. The lowest BCUT2D eigenvalue weighted by Crippen LogP contribution is -2.14. The molecule has 2 amide bonds. The van der Waals surface area contributed by atoms with Crippen molar-refractivity contribution in [2.45, 2.75) is 13.3 Å². The maximum absolute atomic E-state index is 12.4. The lowest BCUT2D eigenvalue weighted by molar-refractivity contribution is -0.116. The number of amides is 2. The number of thiazole rings is 1. The second-order valence-corrected chi connectivity index (χ2v) is 6.86. The van der Waals surface area contributed by atoms with E-state index in [-0.39, 0.29) is 18.2 Å². The van der Waals surface area contributed by atoms with Gasteiger partial charge in [0, 0.05) is 30.8 Å².